The van der Waals surface area contributed by atoms with E-state index in [2.05, 4.69) is 14.7 Å². The lowest BCUT2D eigenvalue weighted by atomic mass is 10.3. The minimum atomic E-state index is 0.601. The van der Waals surface area contributed by atoms with Crippen LogP contribution in [0.2, 0.25) is 0 Å². The third kappa shape index (κ3) is 3.38. The van der Waals surface area contributed by atoms with Crippen molar-refractivity contribution in [3.63, 3.8) is 0 Å². The van der Waals surface area contributed by atoms with Crippen LogP contribution in [0, 0.1) is 0 Å². The van der Waals surface area contributed by atoms with Crippen LogP contribution in [0.15, 0.2) is 54.9 Å². The second-order valence-corrected chi connectivity index (χ2v) is 4.88. The molecule has 0 radical (unpaired) electrons. The maximum atomic E-state index is 5.69. The van der Waals surface area contributed by atoms with Crippen LogP contribution < -0.4 is 14.8 Å². The SMILES string of the molecule is COc1cccc(OCCNCc2cnc3ccccn23)c1. The van der Waals surface area contributed by atoms with Gasteiger partial charge in [-0.3, -0.25) is 0 Å². The van der Waals surface area contributed by atoms with Crippen LogP contribution in [-0.4, -0.2) is 29.6 Å². The van der Waals surface area contributed by atoms with Gasteiger partial charge in [0, 0.05) is 25.4 Å². The molecule has 3 aromatic rings. The monoisotopic (exact) mass is 297 g/mol. The first kappa shape index (κ1) is 14.4. The number of methoxy groups -OCH3 is 1. The number of fused-ring (bicyclic) bond motifs is 1. The first-order valence-electron chi connectivity index (χ1n) is 7.25. The molecule has 0 saturated heterocycles. The van der Waals surface area contributed by atoms with Gasteiger partial charge in [-0.15, -0.1) is 0 Å². The largest absolute Gasteiger partial charge is 0.497 e. The number of aromatic nitrogens is 2. The first-order chi connectivity index (χ1) is 10.9. The quantitative estimate of drug-likeness (QED) is 0.681. The summed E-state index contributed by atoms with van der Waals surface area (Å²) in [6.07, 6.45) is 3.91. The topological polar surface area (TPSA) is 47.8 Å². The molecule has 2 heterocycles. The van der Waals surface area contributed by atoms with Crippen molar-refractivity contribution in [3.05, 3.63) is 60.6 Å². The predicted molar refractivity (Wildman–Crippen MR) is 85.4 cm³/mol. The number of imidazole rings is 1. The fourth-order valence-corrected chi connectivity index (χ4v) is 2.26. The lowest BCUT2D eigenvalue weighted by Crippen LogP contribution is -2.21. The zero-order chi connectivity index (χ0) is 15.2. The Morgan fingerprint density at radius 3 is 2.95 bits per heavy atom. The van der Waals surface area contributed by atoms with Crippen LogP contribution in [0.25, 0.3) is 5.65 Å². The maximum Gasteiger partial charge on any atom is 0.136 e. The molecule has 1 N–H and O–H groups in total. The van der Waals surface area contributed by atoms with E-state index in [1.807, 2.05) is 54.9 Å². The zero-order valence-corrected chi connectivity index (χ0v) is 12.5. The fraction of sp³-hybridized carbons (Fsp3) is 0.235. The number of nitrogens with zero attached hydrogens (tertiary/aromatic N) is 2. The Labute approximate surface area is 129 Å². The Kier molecular flexibility index (Phi) is 4.56. The molecule has 114 valence electrons. The fourth-order valence-electron chi connectivity index (χ4n) is 2.26. The molecule has 3 rings (SSSR count). The number of hydrogen-bond donors (Lipinski definition) is 1. The maximum absolute atomic E-state index is 5.69. The van der Waals surface area contributed by atoms with Crippen molar-refractivity contribution < 1.29 is 9.47 Å². The molecule has 0 bridgehead atoms. The smallest absolute Gasteiger partial charge is 0.136 e. The zero-order valence-electron chi connectivity index (χ0n) is 12.5. The summed E-state index contributed by atoms with van der Waals surface area (Å²) in [5.41, 5.74) is 2.10. The molecule has 0 atom stereocenters. The van der Waals surface area contributed by atoms with E-state index >= 15 is 0 Å². The van der Waals surface area contributed by atoms with E-state index in [9.17, 15) is 0 Å². The molecule has 1 aromatic carbocycles. The molecule has 0 saturated carbocycles. The van der Waals surface area contributed by atoms with Gasteiger partial charge in [0.05, 0.1) is 19.0 Å². The van der Waals surface area contributed by atoms with Gasteiger partial charge in [0.2, 0.25) is 0 Å². The average Bonchev–Trinajstić information content (AvgIpc) is 2.98. The lowest BCUT2D eigenvalue weighted by Gasteiger charge is -2.08. The highest BCUT2D eigenvalue weighted by molar-refractivity contribution is 5.39. The normalized spacial score (nSPS) is 10.8. The molecule has 5 heteroatoms. The Morgan fingerprint density at radius 2 is 2.05 bits per heavy atom. The molecule has 0 aliphatic carbocycles. The van der Waals surface area contributed by atoms with E-state index in [1.54, 1.807) is 7.11 Å². The summed E-state index contributed by atoms with van der Waals surface area (Å²) >= 11 is 0. The van der Waals surface area contributed by atoms with Gasteiger partial charge >= 0.3 is 0 Å². The molecule has 0 unspecified atom stereocenters. The van der Waals surface area contributed by atoms with Gasteiger partial charge in [0.15, 0.2) is 0 Å². The van der Waals surface area contributed by atoms with Crippen molar-refractivity contribution in [1.82, 2.24) is 14.7 Å². The second-order valence-electron chi connectivity index (χ2n) is 4.88. The number of rotatable bonds is 7. The van der Waals surface area contributed by atoms with Gasteiger partial charge in [-0.2, -0.15) is 0 Å². The minimum absolute atomic E-state index is 0.601. The summed E-state index contributed by atoms with van der Waals surface area (Å²) in [7, 11) is 1.65. The lowest BCUT2D eigenvalue weighted by molar-refractivity contribution is 0.311. The van der Waals surface area contributed by atoms with Crippen LogP contribution in [0.5, 0.6) is 11.5 Å². The standard InChI is InChI=1S/C17H19N3O2/c1-21-15-5-4-6-16(11-15)22-10-8-18-12-14-13-19-17-7-2-3-9-20(14)17/h2-7,9,11,13,18H,8,10,12H2,1H3. The molecule has 0 aliphatic heterocycles. The molecular weight excluding hydrogens is 278 g/mol. The van der Waals surface area contributed by atoms with Crippen LogP contribution in [-0.2, 0) is 6.54 Å². The van der Waals surface area contributed by atoms with E-state index in [4.69, 9.17) is 9.47 Å². The Hall–Kier alpha value is -2.53. The van der Waals surface area contributed by atoms with Crippen LogP contribution >= 0.6 is 0 Å². The summed E-state index contributed by atoms with van der Waals surface area (Å²) in [5, 5.41) is 3.36. The van der Waals surface area contributed by atoms with Crippen molar-refractivity contribution >= 4 is 5.65 Å². The van der Waals surface area contributed by atoms with E-state index in [0.29, 0.717) is 6.61 Å². The highest BCUT2D eigenvalue weighted by Gasteiger charge is 2.01. The Bertz CT molecular complexity index is 739. The molecule has 0 fully saturated rings. The molecule has 0 aliphatic rings. The van der Waals surface area contributed by atoms with Gasteiger partial charge in [0.25, 0.3) is 0 Å². The van der Waals surface area contributed by atoms with Crippen LogP contribution in [0.4, 0.5) is 0 Å². The van der Waals surface area contributed by atoms with Gasteiger partial charge in [-0.1, -0.05) is 12.1 Å². The molecule has 2 aromatic heterocycles. The highest BCUT2D eigenvalue weighted by Crippen LogP contribution is 2.18. The number of hydrogen-bond acceptors (Lipinski definition) is 4. The summed E-state index contributed by atoms with van der Waals surface area (Å²) in [6.45, 7) is 2.12. The third-order valence-electron chi connectivity index (χ3n) is 3.39. The van der Waals surface area contributed by atoms with Crippen LogP contribution in [0.1, 0.15) is 5.69 Å². The number of nitrogens with one attached hydrogen (secondary N) is 1. The van der Waals surface area contributed by atoms with Crippen molar-refractivity contribution in [3.8, 4) is 11.5 Å². The van der Waals surface area contributed by atoms with Crippen molar-refractivity contribution in [2.75, 3.05) is 20.3 Å². The Balaban J connectivity index is 1.45. The number of ether oxygens (including phenoxy) is 2. The van der Waals surface area contributed by atoms with E-state index in [0.717, 1.165) is 35.9 Å². The third-order valence-corrected chi connectivity index (χ3v) is 3.39. The molecule has 22 heavy (non-hydrogen) atoms. The summed E-state index contributed by atoms with van der Waals surface area (Å²) < 4.78 is 12.9. The number of pyridine rings is 1. The minimum Gasteiger partial charge on any atom is -0.497 e. The predicted octanol–water partition coefficient (Wildman–Crippen LogP) is 2.51. The first-order valence-corrected chi connectivity index (χ1v) is 7.25. The van der Waals surface area contributed by atoms with Crippen molar-refractivity contribution in [1.29, 1.82) is 0 Å². The van der Waals surface area contributed by atoms with E-state index in [1.165, 1.54) is 0 Å². The van der Waals surface area contributed by atoms with E-state index < -0.39 is 0 Å². The Morgan fingerprint density at radius 1 is 1.14 bits per heavy atom. The molecule has 5 nitrogen and oxygen atoms in total. The summed E-state index contributed by atoms with van der Waals surface area (Å²) in [6, 6.07) is 13.6. The summed E-state index contributed by atoms with van der Waals surface area (Å²) in [4.78, 5) is 4.36. The average molecular weight is 297 g/mol. The van der Waals surface area contributed by atoms with Gasteiger partial charge in [-0.25, -0.2) is 4.98 Å². The van der Waals surface area contributed by atoms with Gasteiger partial charge in [0.1, 0.15) is 23.8 Å². The summed E-state index contributed by atoms with van der Waals surface area (Å²) in [5.74, 6) is 1.62. The van der Waals surface area contributed by atoms with Crippen LogP contribution in [0.3, 0.4) is 0 Å². The van der Waals surface area contributed by atoms with E-state index in [-0.39, 0.29) is 0 Å². The molecular formula is C17H19N3O2. The second kappa shape index (κ2) is 6.95. The van der Waals surface area contributed by atoms with Crippen molar-refractivity contribution in [2.45, 2.75) is 6.54 Å². The van der Waals surface area contributed by atoms with Gasteiger partial charge in [-0.05, 0) is 24.3 Å². The molecule has 0 spiro atoms. The van der Waals surface area contributed by atoms with Gasteiger partial charge < -0.3 is 19.2 Å². The van der Waals surface area contributed by atoms with Crippen molar-refractivity contribution in [2.24, 2.45) is 0 Å². The molecule has 0 amide bonds. The highest BCUT2D eigenvalue weighted by atomic mass is 16.5. The number of benzene rings is 1.